The molecule has 0 amide bonds. The Morgan fingerprint density at radius 3 is 1.70 bits per heavy atom. The van der Waals surface area contributed by atoms with Gasteiger partial charge in [0.05, 0.1) is 12.8 Å². The normalized spacial score (nSPS) is 14.9. The predicted octanol–water partition coefficient (Wildman–Crippen LogP) is 3.97. The minimum Gasteiger partial charge on any atom is -0.459 e. The number of hydrogen-bond acceptors (Lipinski definition) is 4. The zero-order valence-electron chi connectivity index (χ0n) is 13.1. The number of esters is 2. The van der Waals surface area contributed by atoms with E-state index in [4.69, 9.17) is 0 Å². The van der Waals surface area contributed by atoms with E-state index in [1.54, 1.807) is 0 Å². The number of carbonyl (C=O) groups excluding carboxylic acids is 2. The molecule has 0 N–H and O–H groups in total. The Labute approximate surface area is 143 Å². The first-order valence-corrected chi connectivity index (χ1v) is 6.69. The molecule has 0 rings (SSSR count). The number of alkyl halides is 11. The van der Waals surface area contributed by atoms with Crippen molar-refractivity contribution < 1.29 is 67.4 Å². The fraction of sp³-hybridized carbons (Fsp3) is 0.833. The van der Waals surface area contributed by atoms with Gasteiger partial charge in [-0.25, -0.2) is 8.78 Å². The predicted molar refractivity (Wildman–Crippen MR) is 62.6 cm³/mol. The number of halogens is 11. The molecule has 4 nitrogen and oxygen atoms in total. The molecular weight excluding hydrogens is 417 g/mol. The molecule has 0 aromatic carbocycles. The molecule has 0 aromatic rings. The number of hydrogen-bond donors (Lipinski definition) is 0. The van der Waals surface area contributed by atoms with Gasteiger partial charge in [-0.05, 0) is 6.92 Å². The van der Waals surface area contributed by atoms with Crippen LogP contribution in [-0.4, -0.2) is 55.0 Å². The summed E-state index contributed by atoms with van der Waals surface area (Å²) in [5, 5.41) is 0. The molecule has 15 heteroatoms. The van der Waals surface area contributed by atoms with Crippen molar-refractivity contribution in [3.8, 4) is 0 Å². The Bertz CT molecular complexity index is 530. The molecule has 0 spiro atoms. The van der Waals surface area contributed by atoms with Gasteiger partial charge in [0, 0.05) is 0 Å². The van der Waals surface area contributed by atoms with Crippen molar-refractivity contribution in [2.24, 2.45) is 0 Å². The van der Waals surface area contributed by atoms with E-state index in [2.05, 4.69) is 9.47 Å². The van der Waals surface area contributed by atoms with E-state index in [9.17, 15) is 57.9 Å². The van der Waals surface area contributed by atoms with Crippen LogP contribution in [0.4, 0.5) is 48.3 Å². The van der Waals surface area contributed by atoms with Crippen molar-refractivity contribution in [3.63, 3.8) is 0 Å². The summed E-state index contributed by atoms with van der Waals surface area (Å²) < 4.78 is 144. The zero-order valence-corrected chi connectivity index (χ0v) is 13.1. The van der Waals surface area contributed by atoms with Crippen molar-refractivity contribution in [1.82, 2.24) is 0 Å². The number of ether oxygens (including phenoxy) is 2. The van der Waals surface area contributed by atoms with Crippen molar-refractivity contribution in [1.29, 1.82) is 0 Å². The van der Waals surface area contributed by atoms with Crippen molar-refractivity contribution in [2.45, 2.75) is 56.2 Å². The van der Waals surface area contributed by atoms with Gasteiger partial charge in [-0.15, -0.1) is 0 Å². The highest BCUT2D eigenvalue weighted by atomic mass is 19.4. The Kier molecular flexibility index (Phi) is 7.88. The van der Waals surface area contributed by atoms with E-state index in [0.29, 0.717) is 6.92 Å². The molecule has 1 unspecified atom stereocenters. The molecule has 0 saturated carbocycles. The Morgan fingerprint density at radius 2 is 1.30 bits per heavy atom. The van der Waals surface area contributed by atoms with Gasteiger partial charge in [0.15, 0.2) is 12.7 Å². The summed E-state index contributed by atoms with van der Waals surface area (Å²) in [6.07, 6.45) is -15.0. The summed E-state index contributed by atoms with van der Waals surface area (Å²) in [4.78, 5) is 22.0. The van der Waals surface area contributed by atoms with E-state index >= 15 is 0 Å². The van der Waals surface area contributed by atoms with Crippen LogP contribution < -0.4 is 0 Å². The third-order valence-corrected chi connectivity index (χ3v) is 2.87. The van der Waals surface area contributed by atoms with Crippen molar-refractivity contribution in [2.75, 3.05) is 6.61 Å². The van der Waals surface area contributed by atoms with E-state index in [-0.39, 0.29) is 0 Å². The second kappa shape index (κ2) is 8.46. The van der Waals surface area contributed by atoms with Gasteiger partial charge in [0.1, 0.15) is 0 Å². The van der Waals surface area contributed by atoms with Crippen LogP contribution >= 0.6 is 0 Å². The van der Waals surface area contributed by atoms with Gasteiger partial charge >= 0.3 is 42.3 Å². The standard InChI is InChI=1S/C12H11F11O4/c1-5(11(19,20)21)27-7(25)3-2-6(24)26-4-9(15,16)12(22,23)10(17,18)8(13)14/h5,8H,2-4H2,1H3. The first-order chi connectivity index (χ1) is 11.9. The van der Waals surface area contributed by atoms with Gasteiger partial charge in [0.2, 0.25) is 0 Å². The zero-order chi connectivity index (χ0) is 21.8. The molecule has 0 saturated heterocycles. The molecule has 1 atom stereocenters. The highest BCUT2D eigenvalue weighted by Gasteiger charge is 2.75. The first-order valence-electron chi connectivity index (χ1n) is 6.69. The van der Waals surface area contributed by atoms with Crippen LogP contribution in [0.15, 0.2) is 0 Å². The van der Waals surface area contributed by atoms with E-state index in [1.165, 1.54) is 0 Å². The maximum atomic E-state index is 13.1. The molecule has 0 aliphatic rings. The van der Waals surface area contributed by atoms with Gasteiger partial charge in [0.25, 0.3) is 0 Å². The lowest BCUT2D eigenvalue weighted by Crippen LogP contribution is -2.59. The Hall–Kier alpha value is -1.83. The van der Waals surface area contributed by atoms with E-state index < -0.39 is 67.9 Å². The van der Waals surface area contributed by atoms with Crippen LogP contribution in [0, 0.1) is 0 Å². The summed E-state index contributed by atoms with van der Waals surface area (Å²) in [7, 11) is 0. The van der Waals surface area contributed by atoms with Gasteiger partial charge < -0.3 is 9.47 Å². The monoisotopic (exact) mass is 428 g/mol. The average molecular weight is 428 g/mol. The van der Waals surface area contributed by atoms with Crippen LogP contribution in [0.25, 0.3) is 0 Å². The molecule has 0 bridgehead atoms. The summed E-state index contributed by atoms with van der Waals surface area (Å²) in [6, 6.07) is 0. The maximum absolute atomic E-state index is 13.1. The summed E-state index contributed by atoms with van der Waals surface area (Å²) in [6.45, 7) is -2.31. The third kappa shape index (κ3) is 6.37. The van der Waals surface area contributed by atoms with Crippen LogP contribution in [0.2, 0.25) is 0 Å². The Morgan fingerprint density at radius 1 is 0.852 bits per heavy atom. The smallest absolute Gasteiger partial charge is 0.425 e. The molecule has 0 aliphatic carbocycles. The first kappa shape index (κ1) is 25.2. The molecule has 27 heavy (non-hydrogen) atoms. The van der Waals surface area contributed by atoms with Crippen LogP contribution in [0.5, 0.6) is 0 Å². The topological polar surface area (TPSA) is 52.6 Å². The quantitative estimate of drug-likeness (QED) is 0.412. The Balaban J connectivity index is 4.67. The van der Waals surface area contributed by atoms with E-state index in [0.717, 1.165) is 0 Å². The average Bonchev–Trinajstić information content (AvgIpc) is 2.49. The lowest BCUT2D eigenvalue weighted by Gasteiger charge is -2.31. The molecule has 0 fully saturated rings. The lowest BCUT2D eigenvalue weighted by molar-refractivity contribution is -0.344. The van der Waals surface area contributed by atoms with Crippen LogP contribution in [-0.2, 0) is 19.1 Å². The highest BCUT2D eigenvalue weighted by molar-refractivity contribution is 5.77. The summed E-state index contributed by atoms with van der Waals surface area (Å²) in [5.41, 5.74) is 0. The SMILES string of the molecule is CC(OC(=O)CCC(=O)OCC(F)(F)C(F)(F)C(F)(F)C(F)F)C(F)(F)F. The number of rotatable bonds is 9. The van der Waals surface area contributed by atoms with Crippen LogP contribution in [0.1, 0.15) is 19.8 Å². The van der Waals surface area contributed by atoms with Gasteiger partial charge in [-0.2, -0.15) is 39.5 Å². The minimum absolute atomic E-state index is 0.433. The highest BCUT2D eigenvalue weighted by Crippen LogP contribution is 2.48. The largest absolute Gasteiger partial charge is 0.459 e. The number of carbonyl (C=O) groups is 2. The minimum atomic E-state index is -6.59. The molecule has 0 aromatic heterocycles. The van der Waals surface area contributed by atoms with Crippen LogP contribution in [0.3, 0.4) is 0 Å². The summed E-state index contributed by atoms with van der Waals surface area (Å²) >= 11 is 0. The van der Waals surface area contributed by atoms with E-state index in [1.807, 2.05) is 0 Å². The molecule has 160 valence electrons. The van der Waals surface area contributed by atoms with Crippen molar-refractivity contribution >= 4 is 11.9 Å². The maximum Gasteiger partial charge on any atom is 0.425 e. The fourth-order valence-electron chi connectivity index (χ4n) is 1.24. The second-order valence-electron chi connectivity index (χ2n) is 5.04. The fourth-order valence-corrected chi connectivity index (χ4v) is 1.24. The van der Waals surface area contributed by atoms with Crippen molar-refractivity contribution in [3.05, 3.63) is 0 Å². The molecule has 0 aliphatic heterocycles. The van der Waals surface area contributed by atoms with Gasteiger partial charge in [-0.1, -0.05) is 0 Å². The van der Waals surface area contributed by atoms with Gasteiger partial charge in [-0.3, -0.25) is 9.59 Å². The molecule has 0 radical (unpaired) electrons. The lowest BCUT2D eigenvalue weighted by atomic mass is 10.1. The summed E-state index contributed by atoms with van der Waals surface area (Å²) in [5.74, 6) is -22.4. The molecular formula is C12H11F11O4. The molecule has 0 heterocycles. The second-order valence-corrected chi connectivity index (χ2v) is 5.04. The third-order valence-electron chi connectivity index (χ3n) is 2.87.